The van der Waals surface area contributed by atoms with Gasteiger partial charge in [0.2, 0.25) is 0 Å². The smallest absolute Gasteiger partial charge is 0.416 e. The van der Waals surface area contributed by atoms with Crippen LogP contribution in [0.3, 0.4) is 0 Å². The number of hydrogen-bond donors (Lipinski definition) is 1. The van der Waals surface area contributed by atoms with Gasteiger partial charge >= 0.3 is 12.1 Å². The van der Waals surface area contributed by atoms with Crippen LogP contribution in [-0.2, 0) is 22.1 Å². The van der Waals surface area contributed by atoms with E-state index in [1.807, 2.05) is 0 Å². The second-order valence-electron chi connectivity index (χ2n) is 5.26. The number of benzene rings is 1. The fourth-order valence-corrected chi connectivity index (χ4v) is 2.31. The van der Waals surface area contributed by atoms with E-state index >= 15 is 0 Å². The van der Waals surface area contributed by atoms with Gasteiger partial charge in [-0.05, 0) is 48.0 Å². The van der Waals surface area contributed by atoms with Crippen LogP contribution in [0.4, 0.5) is 13.2 Å². The summed E-state index contributed by atoms with van der Waals surface area (Å²) in [5.41, 5.74) is -1.25. The summed E-state index contributed by atoms with van der Waals surface area (Å²) in [6.07, 6.45) is -3.38. The number of ether oxygens (including phenoxy) is 2. The summed E-state index contributed by atoms with van der Waals surface area (Å²) >= 11 is 3.14. The molecule has 0 bridgehead atoms. The Morgan fingerprint density at radius 3 is 2.46 bits per heavy atom. The summed E-state index contributed by atoms with van der Waals surface area (Å²) in [5.74, 6) is -0.551. The monoisotopic (exact) mass is 436 g/mol. The Morgan fingerprint density at radius 2 is 1.96 bits per heavy atom. The lowest BCUT2D eigenvalue weighted by Crippen LogP contribution is -2.15. The molecule has 4 nitrogen and oxygen atoms in total. The second kappa shape index (κ2) is 9.66. The molecule has 26 heavy (non-hydrogen) atoms. The first-order valence-corrected chi connectivity index (χ1v) is 8.67. The number of alkyl halides is 3. The molecule has 1 aromatic rings. The minimum Gasteiger partial charge on any atom is -0.511 e. The van der Waals surface area contributed by atoms with E-state index in [2.05, 4.69) is 15.9 Å². The van der Waals surface area contributed by atoms with Crippen LogP contribution in [0.2, 0.25) is 0 Å². The molecule has 0 aliphatic carbocycles. The topological polar surface area (TPSA) is 55.8 Å². The fraction of sp³-hybridized carbons (Fsp3) is 0.389. The Morgan fingerprint density at radius 1 is 1.31 bits per heavy atom. The number of esters is 1. The first kappa shape index (κ1) is 22.1. The SMILES string of the molecule is CCOC(=O)Cc1c(O/C(=C/C(Br)=C(\C)O)CC)cccc1C(F)(F)F. The number of halogens is 4. The maximum atomic E-state index is 13.3. The standard InChI is InChI=1S/C18H20BrF3O4/c1-4-12(9-15(19)11(3)23)26-16-8-6-7-14(18(20,21)22)13(16)10-17(24)25-5-2/h6-9,23H,4-5,10H2,1-3H3/b12-9+,15-11-. The Bertz CT molecular complexity index is 705. The van der Waals surface area contributed by atoms with E-state index in [4.69, 9.17) is 9.47 Å². The van der Waals surface area contributed by atoms with Crippen LogP contribution in [0.25, 0.3) is 0 Å². The number of aliphatic hydroxyl groups is 1. The van der Waals surface area contributed by atoms with Gasteiger partial charge in [0.05, 0.1) is 23.1 Å². The zero-order valence-corrected chi connectivity index (χ0v) is 16.2. The van der Waals surface area contributed by atoms with E-state index in [-0.39, 0.29) is 23.7 Å². The Hall–Kier alpha value is -1.96. The van der Waals surface area contributed by atoms with E-state index in [1.54, 1.807) is 13.8 Å². The van der Waals surface area contributed by atoms with Crippen LogP contribution in [-0.4, -0.2) is 17.7 Å². The van der Waals surface area contributed by atoms with Gasteiger partial charge < -0.3 is 14.6 Å². The molecule has 0 unspecified atom stereocenters. The first-order valence-electron chi connectivity index (χ1n) is 7.88. The van der Waals surface area contributed by atoms with Crippen LogP contribution in [0.1, 0.15) is 38.3 Å². The summed E-state index contributed by atoms with van der Waals surface area (Å²) in [6, 6.07) is 3.46. The molecule has 1 rings (SSSR count). The normalized spacial score (nSPS) is 13.3. The van der Waals surface area contributed by atoms with Gasteiger partial charge in [-0.2, -0.15) is 13.2 Å². The molecule has 0 aliphatic rings. The molecule has 8 heteroatoms. The van der Waals surface area contributed by atoms with E-state index < -0.39 is 24.1 Å². The molecule has 0 fully saturated rings. The lowest BCUT2D eigenvalue weighted by molar-refractivity contribution is -0.143. The van der Waals surface area contributed by atoms with Crippen molar-refractivity contribution in [2.75, 3.05) is 6.61 Å². The predicted octanol–water partition coefficient (Wildman–Crippen LogP) is 5.67. The minimum absolute atomic E-state index is 0.00432. The number of hydrogen-bond acceptors (Lipinski definition) is 4. The van der Waals surface area contributed by atoms with Gasteiger partial charge in [-0.15, -0.1) is 0 Å². The number of carbonyl (C=O) groups excluding carboxylic acids is 1. The zero-order valence-electron chi connectivity index (χ0n) is 14.6. The fourth-order valence-electron chi connectivity index (χ4n) is 2.06. The van der Waals surface area contributed by atoms with Crippen LogP contribution in [0.5, 0.6) is 5.75 Å². The van der Waals surface area contributed by atoms with Gasteiger partial charge in [-0.3, -0.25) is 4.79 Å². The zero-order chi connectivity index (χ0) is 19.9. The van der Waals surface area contributed by atoms with E-state index in [0.29, 0.717) is 16.7 Å². The van der Waals surface area contributed by atoms with Gasteiger partial charge in [-0.1, -0.05) is 13.0 Å². The highest BCUT2D eigenvalue weighted by Crippen LogP contribution is 2.37. The van der Waals surface area contributed by atoms with Gasteiger partial charge in [0, 0.05) is 12.0 Å². The summed E-state index contributed by atoms with van der Waals surface area (Å²) < 4.78 is 50.7. The summed E-state index contributed by atoms with van der Waals surface area (Å²) in [7, 11) is 0. The van der Waals surface area contributed by atoms with Crippen molar-refractivity contribution in [1.29, 1.82) is 0 Å². The van der Waals surface area contributed by atoms with E-state index in [1.165, 1.54) is 25.1 Å². The molecule has 0 radical (unpaired) electrons. The molecule has 0 aliphatic heterocycles. The minimum atomic E-state index is -4.64. The van der Waals surface area contributed by atoms with Gasteiger partial charge in [0.25, 0.3) is 0 Å². The van der Waals surface area contributed by atoms with Crippen molar-refractivity contribution in [1.82, 2.24) is 0 Å². The van der Waals surface area contributed by atoms with Crippen molar-refractivity contribution in [3.63, 3.8) is 0 Å². The molecule has 0 spiro atoms. The van der Waals surface area contributed by atoms with Crippen molar-refractivity contribution in [3.05, 3.63) is 51.4 Å². The molecular weight excluding hydrogens is 417 g/mol. The molecule has 144 valence electrons. The number of aliphatic hydroxyl groups excluding tert-OH is 1. The maximum Gasteiger partial charge on any atom is 0.416 e. The average molecular weight is 437 g/mol. The molecule has 0 atom stereocenters. The molecule has 1 N–H and O–H groups in total. The van der Waals surface area contributed by atoms with Gasteiger partial charge in [-0.25, -0.2) is 0 Å². The largest absolute Gasteiger partial charge is 0.511 e. The van der Waals surface area contributed by atoms with Crippen LogP contribution in [0.15, 0.2) is 40.3 Å². The van der Waals surface area contributed by atoms with E-state index in [9.17, 15) is 23.1 Å². The quantitative estimate of drug-likeness (QED) is 0.340. The second-order valence-corrected chi connectivity index (χ2v) is 6.12. The third-order valence-electron chi connectivity index (χ3n) is 3.29. The Labute approximate surface area is 158 Å². The van der Waals surface area contributed by atoms with Gasteiger partial charge in [0.15, 0.2) is 0 Å². The van der Waals surface area contributed by atoms with Crippen molar-refractivity contribution in [2.24, 2.45) is 0 Å². The molecule has 0 aromatic heterocycles. The highest BCUT2D eigenvalue weighted by atomic mass is 79.9. The number of allylic oxidation sites excluding steroid dienone is 4. The van der Waals surface area contributed by atoms with Crippen molar-refractivity contribution in [3.8, 4) is 5.75 Å². The molecule has 0 heterocycles. The maximum absolute atomic E-state index is 13.3. The third kappa shape index (κ3) is 6.40. The van der Waals surface area contributed by atoms with Crippen molar-refractivity contribution in [2.45, 2.75) is 39.8 Å². The molecule has 1 aromatic carbocycles. The Balaban J connectivity index is 3.37. The Kier molecular flexibility index (Phi) is 8.20. The highest BCUT2D eigenvalue weighted by Gasteiger charge is 2.35. The van der Waals surface area contributed by atoms with Crippen LogP contribution in [0, 0.1) is 0 Å². The summed E-state index contributed by atoms with van der Waals surface area (Å²) in [4.78, 5) is 11.8. The van der Waals surface area contributed by atoms with Crippen molar-refractivity contribution >= 4 is 21.9 Å². The van der Waals surface area contributed by atoms with E-state index in [0.717, 1.165) is 6.07 Å². The summed E-state index contributed by atoms with van der Waals surface area (Å²) in [5, 5.41) is 9.44. The van der Waals surface area contributed by atoms with Crippen LogP contribution >= 0.6 is 15.9 Å². The number of rotatable bonds is 7. The lowest BCUT2D eigenvalue weighted by atomic mass is 10.0. The first-order chi connectivity index (χ1) is 12.1. The summed E-state index contributed by atoms with van der Waals surface area (Å²) in [6.45, 7) is 4.84. The molecule has 0 saturated carbocycles. The third-order valence-corrected chi connectivity index (χ3v) is 4.09. The molecule has 0 amide bonds. The predicted molar refractivity (Wildman–Crippen MR) is 95.0 cm³/mol. The highest BCUT2D eigenvalue weighted by molar-refractivity contribution is 9.11. The average Bonchev–Trinajstić information content (AvgIpc) is 2.54. The van der Waals surface area contributed by atoms with Crippen LogP contribution < -0.4 is 4.74 Å². The van der Waals surface area contributed by atoms with Crippen molar-refractivity contribution < 1.29 is 32.5 Å². The lowest BCUT2D eigenvalue weighted by Gasteiger charge is -2.18. The molecular formula is C18H20BrF3O4. The molecule has 0 saturated heterocycles. The van der Waals surface area contributed by atoms with Gasteiger partial charge in [0.1, 0.15) is 17.3 Å². The number of carbonyl (C=O) groups is 1.